The fourth-order valence-electron chi connectivity index (χ4n) is 2.80. The van der Waals surface area contributed by atoms with Crippen LogP contribution in [-0.2, 0) is 16.9 Å². The molecule has 0 radical (unpaired) electrons. The van der Waals surface area contributed by atoms with Crippen LogP contribution in [0.1, 0.15) is 24.5 Å². The van der Waals surface area contributed by atoms with Crippen molar-refractivity contribution in [3.05, 3.63) is 65.9 Å². The van der Waals surface area contributed by atoms with Gasteiger partial charge in [0, 0.05) is 30.6 Å². The molecule has 5 nitrogen and oxygen atoms in total. The maximum absolute atomic E-state index is 11.7. The first-order chi connectivity index (χ1) is 11.5. The number of aromatic nitrogens is 2. The third-order valence-corrected chi connectivity index (χ3v) is 4.21. The summed E-state index contributed by atoms with van der Waals surface area (Å²) < 4.78 is 1.93. The molecule has 0 fully saturated rings. The van der Waals surface area contributed by atoms with E-state index in [9.17, 15) is 4.79 Å². The van der Waals surface area contributed by atoms with Crippen molar-refractivity contribution >= 4 is 16.8 Å². The highest BCUT2D eigenvalue weighted by atomic mass is 16.1. The van der Waals surface area contributed by atoms with Gasteiger partial charge >= 0.3 is 0 Å². The van der Waals surface area contributed by atoms with Gasteiger partial charge in [-0.05, 0) is 24.1 Å². The lowest BCUT2D eigenvalue weighted by Gasteiger charge is -2.24. The molecule has 0 bridgehead atoms. The fraction of sp³-hybridized carbons (Fsp3) is 0.263. The zero-order chi connectivity index (χ0) is 17.2. The summed E-state index contributed by atoms with van der Waals surface area (Å²) in [5.74, 6) is -0.0743. The van der Waals surface area contributed by atoms with Crippen molar-refractivity contribution in [1.82, 2.24) is 15.1 Å². The average molecular weight is 322 g/mol. The fourth-order valence-corrected chi connectivity index (χ4v) is 2.80. The van der Waals surface area contributed by atoms with Crippen molar-refractivity contribution in [2.24, 2.45) is 5.73 Å². The summed E-state index contributed by atoms with van der Waals surface area (Å²) in [6.07, 6.45) is 2.26. The zero-order valence-electron chi connectivity index (χ0n) is 14.0. The van der Waals surface area contributed by atoms with E-state index in [1.165, 1.54) is 5.56 Å². The second-order valence-corrected chi connectivity index (χ2v) is 6.35. The molecule has 0 saturated carbocycles. The number of nitrogens with two attached hydrogens (primary N) is 1. The minimum atomic E-state index is -0.725. The number of nitrogens with one attached hydrogen (secondary N) is 1. The maximum atomic E-state index is 11.7. The number of hydrogen-bond donors (Lipinski definition) is 2. The second kappa shape index (κ2) is 6.45. The van der Waals surface area contributed by atoms with Gasteiger partial charge in [-0.3, -0.25) is 9.48 Å². The minimum absolute atomic E-state index is 0.0743. The van der Waals surface area contributed by atoms with Gasteiger partial charge in [0.1, 0.15) is 0 Å². The third-order valence-electron chi connectivity index (χ3n) is 4.21. The number of benzene rings is 2. The molecule has 3 aromatic rings. The lowest BCUT2D eigenvalue weighted by molar-refractivity contribution is -0.121. The number of fused-ring (bicyclic) bond motifs is 1. The Morgan fingerprint density at radius 3 is 2.71 bits per heavy atom. The highest BCUT2D eigenvalue weighted by molar-refractivity contribution is 5.80. The highest BCUT2D eigenvalue weighted by Crippen LogP contribution is 2.25. The van der Waals surface area contributed by atoms with E-state index in [4.69, 9.17) is 5.73 Å². The van der Waals surface area contributed by atoms with Crippen LogP contribution in [-0.4, -0.2) is 22.7 Å². The summed E-state index contributed by atoms with van der Waals surface area (Å²) in [6, 6.07) is 16.2. The molecular formula is C19H22N4O. The summed E-state index contributed by atoms with van der Waals surface area (Å²) >= 11 is 0. The van der Waals surface area contributed by atoms with Crippen LogP contribution in [0.25, 0.3) is 10.9 Å². The molecule has 0 saturated heterocycles. The molecule has 0 unspecified atom stereocenters. The quantitative estimate of drug-likeness (QED) is 0.757. The van der Waals surface area contributed by atoms with E-state index >= 15 is 0 Å². The predicted octanol–water partition coefficient (Wildman–Crippen LogP) is 2.39. The molecule has 3 rings (SSSR count). The normalized spacial score (nSPS) is 13.6. The van der Waals surface area contributed by atoms with E-state index in [-0.39, 0.29) is 12.3 Å². The number of amides is 1. The van der Waals surface area contributed by atoms with E-state index < -0.39 is 5.54 Å². The standard InChI is InChI=1S/C19H22N4O/c1-19(20,11-18(24)21-2)16-9-8-15-13-23(22-17(15)10-16)12-14-6-4-3-5-7-14/h3-10,13H,11-12,20H2,1-2H3,(H,21,24)/t19-/m0/s1. The van der Waals surface area contributed by atoms with E-state index in [1.54, 1.807) is 7.05 Å². The Balaban J connectivity index is 1.87. The predicted molar refractivity (Wildman–Crippen MR) is 95.5 cm³/mol. The Bertz CT molecular complexity index is 852. The summed E-state index contributed by atoms with van der Waals surface area (Å²) in [6.45, 7) is 2.59. The van der Waals surface area contributed by atoms with Crippen molar-refractivity contribution in [1.29, 1.82) is 0 Å². The first-order valence-electron chi connectivity index (χ1n) is 7.99. The van der Waals surface area contributed by atoms with Gasteiger partial charge in [-0.1, -0.05) is 42.5 Å². The molecule has 0 aliphatic heterocycles. The molecule has 124 valence electrons. The average Bonchev–Trinajstić information content (AvgIpc) is 2.96. The number of carbonyl (C=O) groups is 1. The molecule has 0 aliphatic carbocycles. The monoisotopic (exact) mass is 322 g/mol. The number of rotatable bonds is 5. The molecule has 5 heteroatoms. The van der Waals surface area contributed by atoms with Crippen LogP contribution < -0.4 is 11.1 Å². The SMILES string of the molecule is CNC(=O)C[C@](C)(N)c1ccc2cn(Cc3ccccc3)nc2c1. The smallest absolute Gasteiger partial charge is 0.221 e. The number of nitrogens with zero attached hydrogens (tertiary/aromatic N) is 2. The van der Waals surface area contributed by atoms with Crippen molar-refractivity contribution < 1.29 is 4.79 Å². The zero-order valence-corrected chi connectivity index (χ0v) is 14.0. The lowest BCUT2D eigenvalue weighted by atomic mass is 9.89. The molecule has 1 amide bonds. The van der Waals surface area contributed by atoms with Gasteiger partial charge in [-0.2, -0.15) is 5.10 Å². The largest absolute Gasteiger partial charge is 0.359 e. The maximum Gasteiger partial charge on any atom is 0.221 e. The van der Waals surface area contributed by atoms with Crippen LogP contribution in [0.5, 0.6) is 0 Å². The third kappa shape index (κ3) is 3.46. The molecule has 1 heterocycles. The number of hydrogen-bond acceptors (Lipinski definition) is 3. The summed E-state index contributed by atoms with van der Waals surface area (Å²) in [5, 5.41) is 8.32. The molecule has 0 aliphatic rings. The van der Waals surface area contributed by atoms with E-state index in [2.05, 4.69) is 22.5 Å². The van der Waals surface area contributed by atoms with Crippen molar-refractivity contribution in [3.63, 3.8) is 0 Å². The van der Waals surface area contributed by atoms with Gasteiger partial charge in [0.25, 0.3) is 0 Å². The number of carbonyl (C=O) groups excluding carboxylic acids is 1. The molecule has 3 N–H and O–H groups in total. The van der Waals surface area contributed by atoms with Crippen molar-refractivity contribution in [3.8, 4) is 0 Å². The Morgan fingerprint density at radius 2 is 2.00 bits per heavy atom. The van der Waals surface area contributed by atoms with Gasteiger partial charge < -0.3 is 11.1 Å². The van der Waals surface area contributed by atoms with Crippen LogP contribution in [0.3, 0.4) is 0 Å². The topological polar surface area (TPSA) is 72.9 Å². The first kappa shape index (κ1) is 16.2. The van der Waals surface area contributed by atoms with Gasteiger partial charge in [-0.25, -0.2) is 0 Å². The minimum Gasteiger partial charge on any atom is -0.359 e. The van der Waals surface area contributed by atoms with E-state index in [0.29, 0.717) is 0 Å². The molecule has 1 atom stereocenters. The first-order valence-corrected chi connectivity index (χ1v) is 7.99. The van der Waals surface area contributed by atoms with Crippen LogP contribution in [0.2, 0.25) is 0 Å². The summed E-state index contributed by atoms with van der Waals surface area (Å²) in [7, 11) is 1.62. The summed E-state index contributed by atoms with van der Waals surface area (Å²) in [5.41, 5.74) is 8.61. The molecule has 24 heavy (non-hydrogen) atoms. The van der Waals surface area contributed by atoms with Crippen LogP contribution in [0.15, 0.2) is 54.7 Å². The molecular weight excluding hydrogens is 300 g/mol. The van der Waals surface area contributed by atoms with Gasteiger partial charge in [0.05, 0.1) is 12.1 Å². The van der Waals surface area contributed by atoms with Crippen LogP contribution in [0, 0.1) is 0 Å². The van der Waals surface area contributed by atoms with Gasteiger partial charge in [0.2, 0.25) is 5.91 Å². The van der Waals surface area contributed by atoms with Crippen molar-refractivity contribution in [2.45, 2.75) is 25.4 Å². The van der Waals surface area contributed by atoms with Gasteiger partial charge in [0.15, 0.2) is 0 Å². The van der Waals surface area contributed by atoms with Gasteiger partial charge in [-0.15, -0.1) is 0 Å². The Labute approximate surface area is 141 Å². The van der Waals surface area contributed by atoms with Crippen molar-refractivity contribution in [2.75, 3.05) is 7.05 Å². The summed E-state index contributed by atoms with van der Waals surface area (Å²) in [4.78, 5) is 11.7. The lowest BCUT2D eigenvalue weighted by Crippen LogP contribution is -2.38. The molecule has 2 aromatic carbocycles. The second-order valence-electron chi connectivity index (χ2n) is 6.35. The van der Waals surface area contributed by atoms with Crippen LogP contribution in [0.4, 0.5) is 0 Å². The Kier molecular flexibility index (Phi) is 4.36. The van der Waals surface area contributed by atoms with Crippen LogP contribution >= 0.6 is 0 Å². The Hall–Kier alpha value is -2.66. The Morgan fingerprint density at radius 1 is 1.25 bits per heavy atom. The van der Waals surface area contributed by atoms with E-state index in [0.717, 1.165) is 23.0 Å². The van der Waals surface area contributed by atoms with E-state index in [1.807, 2.05) is 54.2 Å². The highest BCUT2D eigenvalue weighted by Gasteiger charge is 2.25. The molecule has 1 aromatic heterocycles. The molecule has 0 spiro atoms.